The SMILES string of the molecule is CCCCCCCCCCCCCCCC(=O)OC[C@H](COP(=O)(O)OCC(O)CO[C@@H]1O[C@H](C[As](C)(C)=O)[C@@H](O)[C@H]1O)OC(=O)CCCCCCCCCCCCCCC. The number of hydrogen-bond donors (Lipinski definition) is 4. The molecule has 2 unspecified atom stereocenters. The number of esters is 2. The van der Waals surface area contributed by atoms with Gasteiger partial charge in [0.15, 0.2) is 6.10 Å². The standard InChI is InChI=1S/C45H88AsO14P/c1-5-7-9-11-13-15-17-19-21-23-25-27-29-31-41(48)55-36-39(59-42(49)32-30-28-26-24-22-20-18-16-14-12-10-8-6-2)37-58-61(53,54)57-35-38(47)34-56-45-44(51)43(50)40(60-45)33-46(3,4)52/h38-40,43-45,47,50-51H,5-37H2,1-4H3,(H,53,54)/t38?,39-,40-,43-,44-,45-/m1/s1. The van der Waals surface area contributed by atoms with Gasteiger partial charge in [0.25, 0.3) is 0 Å². The van der Waals surface area contributed by atoms with Crippen LogP contribution in [-0.4, -0.2) is 109 Å². The van der Waals surface area contributed by atoms with Crippen LogP contribution in [0.1, 0.15) is 194 Å². The smallest absolute Gasteiger partial charge is 0.306 e. The van der Waals surface area contributed by atoms with Gasteiger partial charge in [0.1, 0.15) is 6.61 Å². The van der Waals surface area contributed by atoms with Gasteiger partial charge in [-0.15, -0.1) is 0 Å². The molecule has 1 rings (SSSR count). The molecule has 14 nitrogen and oxygen atoms in total. The Hall–Kier alpha value is -0.792. The number of unbranched alkanes of at least 4 members (excludes halogenated alkanes) is 24. The molecule has 0 aromatic carbocycles. The van der Waals surface area contributed by atoms with E-state index in [1.165, 1.54) is 116 Å². The molecular formula is C45H88AsO14P. The normalized spacial score (nSPS) is 20.1. The minimum absolute atomic E-state index is 0.0848. The number of phosphoric ester groups is 1. The topological polar surface area (TPSA) is 205 Å². The molecule has 0 radical (unpaired) electrons. The van der Waals surface area contributed by atoms with Crippen molar-refractivity contribution < 1.29 is 66.1 Å². The zero-order chi connectivity index (χ0) is 45.2. The number of phosphoric acid groups is 1. The quantitative estimate of drug-likeness (QED) is 0.0195. The van der Waals surface area contributed by atoms with Crippen molar-refractivity contribution in [1.29, 1.82) is 0 Å². The van der Waals surface area contributed by atoms with Crippen molar-refractivity contribution in [2.45, 2.75) is 247 Å². The fourth-order valence-corrected chi connectivity index (χ4v) is 10.5. The van der Waals surface area contributed by atoms with Gasteiger partial charge < -0.3 is 9.47 Å². The molecular weight excluding hydrogens is 870 g/mol. The van der Waals surface area contributed by atoms with E-state index >= 15 is 0 Å². The summed E-state index contributed by atoms with van der Waals surface area (Å²) in [5.74, 6) is -0.988. The third-order valence-corrected chi connectivity index (χ3v) is 14.5. The van der Waals surface area contributed by atoms with Crippen LogP contribution in [0.3, 0.4) is 0 Å². The number of rotatable bonds is 42. The maximum Gasteiger partial charge on any atom is 0.306 e. The van der Waals surface area contributed by atoms with E-state index in [-0.39, 0.29) is 24.7 Å². The van der Waals surface area contributed by atoms with Gasteiger partial charge in [0.05, 0.1) is 0 Å². The Morgan fingerprint density at radius 2 is 1.02 bits per heavy atom. The third-order valence-electron chi connectivity index (χ3n) is 10.9. The number of hydrogen-bond acceptors (Lipinski definition) is 13. The second kappa shape index (κ2) is 36.4. The van der Waals surface area contributed by atoms with Crippen molar-refractivity contribution in [3.05, 3.63) is 0 Å². The van der Waals surface area contributed by atoms with Crippen LogP contribution in [0, 0.1) is 0 Å². The molecule has 61 heavy (non-hydrogen) atoms. The number of carbonyl (C=O) groups excluding carboxylic acids is 2. The van der Waals surface area contributed by atoms with Gasteiger partial charge in [-0.05, 0) is 12.8 Å². The van der Waals surface area contributed by atoms with E-state index in [0.29, 0.717) is 12.8 Å². The summed E-state index contributed by atoms with van der Waals surface area (Å²) in [6.45, 7) is 2.31. The molecule has 0 bridgehead atoms. The molecule has 0 aromatic heterocycles. The largest absolute Gasteiger partial charge is 0.456 e. The monoisotopic (exact) mass is 959 g/mol. The van der Waals surface area contributed by atoms with Gasteiger partial charge in [-0.1, -0.05) is 168 Å². The molecule has 0 aromatic rings. The van der Waals surface area contributed by atoms with Crippen LogP contribution in [0.25, 0.3) is 0 Å². The Bertz CT molecular complexity index is 1190. The van der Waals surface area contributed by atoms with Gasteiger partial charge in [-0.25, -0.2) is 0 Å². The average molecular weight is 959 g/mol. The second-order valence-electron chi connectivity index (χ2n) is 17.6. The Morgan fingerprint density at radius 1 is 0.607 bits per heavy atom. The Balaban J connectivity index is 2.48. The fraction of sp³-hybridized carbons (Fsp3) is 0.956. The van der Waals surface area contributed by atoms with Crippen molar-refractivity contribution in [3.63, 3.8) is 0 Å². The minimum atomic E-state index is -4.79. The molecule has 1 aliphatic rings. The average Bonchev–Trinajstić information content (AvgIpc) is 3.47. The number of aliphatic hydroxyl groups is 3. The van der Waals surface area contributed by atoms with E-state index in [1.807, 2.05) is 0 Å². The summed E-state index contributed by atoms with van der Waals surface area (Å²) >= 11 is -3.21. The van der Waals surface area contributed by atoms with E-state index in [0.717, 1.165) is 38.5 Å². The molecule has 1 heterocycles. The number of carbonyl (C=O) groups is 2. The van der Waals surface area contributed by atoms with Crippen LogP contribution in [0.2, 0.25) is 16.6 Å². The first-order valence-electron chi connectivity index (χ1n) is 24.0. The van der Waals surface area contributed by atoms with E-state index < -0.39 is 89.9 Å². The Labute approximate surface area is 371 Å². The van der Waals surface area contributed by atoms with E-state index in [9.17, 15) is 38.1 Å². The molecule has 1 aliphatic heterocycles. The van der Waals surface area contributed by atoms with Crippen LogP contribution in [0.15, 0.2) is 0 Å². The molecule has 4 N–H and O–H groups in total. The molecule has 0 amide bonds. The molecule has 7 atom stereocenters. The van der Waals surface area contributed by atoms with E-state index in [2.05, 4.69) is 13.8 Å². The van der Waals surface area contributed by atoms with Crippen LogP contribution in [0.5, 0.6) is 0 Å². The van der Waals surface area contributed by atoms with Crippen molar-refractivity contribution >= 4 is 33.3 Å². The van der Waals surface area contributed by atoms with Gasteiger partial charge in [-0.2, -0.15) is 0 Å². The minimum Gasteiger partial charge on any atom is -0.456 e. The zero-order valence-corrected chi connectivity index (χ0v) is 41.3. The molecule has 1 fully saturated rings. The van der Waals surface area contributed by atoms with E-state index in [4.69, 9.17) is 28.0 Å². The molecule has 0 saturated carbocycles. The van der Waals surface area contributed by atoms with Crippen molar-refractivity contribution in [2.75, 3.05) is 26.4 Å². The third kappa shape index (κ3) is 33.4. The van der Waals surface area contributed by atoms with Crippen molar-refractivity contribution in [2.24, 2.45) is 0 Å². The van der Waals surface area contributed by atoms with Crippen LogP contribution < -0.4 is 0 Å². The molecule has 362 valence electrons. The van der Waals surface area contributed by atoms with Crippen molar-refractivity contribution in [1.82, 2.24) is 0 Å². The predicted molar refractivity (Wildman–Crippen MR) is 239 cm³/mol. The fourth-order valence-electron chi connectivity index (χ4n) is 7.28. The first-order chi connectivity index (χ1) is 29.2. The van der Waals surface area contributed by atoms with Gasteiger partial charge in [0.2, 0.25) is 0 Å². The van der Waals surface area contributed by atoms with Crippen molar-refractivity contribution in [3.8, 4) is 0 Å². The Morgan fingerprint density at radius 3 is 1.46 bits per heavy atom. The summed E-state index contributed by atoms with van der Waals surface area (Å²) in [6.07, 6.45) is 23.4. The maximum atomic E-state index is 12.8. The molecule has 16 heteroatoms. The molecule has 0 spiro atoms. The van der Waals surface area contributed by atoms with Crippen LogP contribution >= 0.6 is 7.82 Å². The van der Waals surface area contributed by atoms with Gasteiger partial charge in [-0.3, -0.25) is 9.59 Å². The first-order valence-corrected chi connectivity index (χ1v) is 31.3. The van der Waals surface area contributed by atoms with Gasteiger partial charge >= 0.3 is 147 Å². The summed E-state index contributed by atoms with van der Waals surface area (Å²) in [5.41, 5.74) is 3.18. The zero-order valence-electron chi connectivity index (χ0n) is 38.6. The Kier molecular flexibility index (Phi) is 34.8. The molecule has 1 saturated heterocycles. The summed E-state index contributed by atoms with van der Waals surface area (Å²) in [6, 6.07) is 0. The number of aliphatic hydroxyl groups excluding tert-OH is 3. The summed E-state index contributed by atoms with van der Waals surface area (Å²) in [5, 5.41) is 30.9. The number of ether oxygens (including phenoxy) is 4. The molecule has 0 aliphatic carbocycles. The van der Waals surface area contributed by atoms with Crippen LogP contribution in [-0.2, 0) is 45.9 Å². The van der Waals surface area contributed by atoms with E-state index in [1.54, 1.807) is 11.4 Å². The summed E-state index contributed by atoms with van der Waals surface area (Å²) in [7, 11) is -4.79. The van der Waals surface area contributed by atoms with Crippen LogP contribution in [0.4, 0.5) is 0 Å². The predicted octanol–water partition coefficient (Wildman–Crippen LogP) is 10.00. The maximum absolute atomic E-state index is 12.8. The first kappa shape index (κ1) is 58.2. The summed E-state index contributed by atoms with van der Waals surface area (Å²) in [4.78, 5) is 35.7. The second-order valence-corrected chi connectivity index (χ2v) is 26.4. The van der Waals surface area contributed by atoms with Gasteiger partial charge in [0, 0.05) is 12.8 Å². The summed E-state index contributed by atoms with van der Waals surface area (Å²) < 4.78 is 56.7.